The van der Waals surface area contributed by atoms with Crippen molar-refractivity contribution < 1.29 is 9.59 Å². The van der Waals surface area contributed by atoms with E-state index in [-0.39, 0.29) is 18.4 Å². The third-order valence-electron chi connectivity index (χ3n) is 2.67. The average molecular weight is 254 g/mol. The molecule has 2 N–H and O–H groups in total. The first-order chi connectivity index (χ1) is 8.08. The summed E-state index contributed by atoms with van der Waals surface area (Å²) < 4.78 is 0. The lowest BCUT2D eigenvalue weighted by atomic mass is 10.3. The molecule has 0 aromatic carbocycles. The first-order valence-corrected chi connectivity index (χ1v) is 6.40. The number of aromatic amines is 1. The Morgan fingerprint density at radius 1 is 1.59 bits per heavy atom. The van der Waals surface area contributed by atoms with Gasteiger partial charge in [0.25, 0.3) is 0 Å². The van der Waals surface area contributed by atoms with Gasteiger partial charge in [-0.15, -0.1) is 11.8 Å². The number of hydrogen-bond acceptors (Lipinski definition) is 4. The summed E-state index contributed by atoms with van der Waals surface area (Å²) in [5.74, 6) is 1.39. The number of carbonyl (C=O) groups is 2. The van der Waals surface area contributed by atoms with E-state index in [1.165, 1.54) is 16.7 Å². The second-order valence-corrected chi connectivity index (χ2v) is 4.89. The highest BCUT2D eigenvalue weighted by Gasteiger charge is 2.23. The van der Waals surface area contributed by atoms with Gasteiger partial charge in [-0.3, -0.25) is 14.7 Å². The Hall–Kier alpha value is -1.50. The van der Waals surface area contributed by atoms with Crippen LogP contribution in [0.4, 0.5) is 5.82 Å². The van der Waals surface area contributed by atoms with Gasteiger partial charge in [0, 0.05) is 11.3 Å². The van der Waals surface area contributed by atoms with E-state index in [4.69, 9.17) is 0 Å². The summed E-state index contributed by atoms with van der Waals surface area (Å²) >= 11 is 1.52. The number of nitrogens with one attached hydrogen (secondary N) is 2. The molecule has 1 aliphatic heterocycles. The molecule has 7 heteroatoms. The number of nitrogens with zero attached hydrogens (tertiary/aromatic N) is 2. The highest BCUT2D eigenvalue weighted by atomic mass is 32.2. The van der Waals surface area contributed by atoms with Gasteiger partial charge in [-0.05, 0) is 13.8 Å². The van der Waals surface area contributed by atoms with Crippen LogP contribution in [0.1, 0.15) is 11.3 Å². The van der Waals surface area contributed by atoms with Crippen molar-refractivity contribution in [1.29, 1.82) is 0 Å². The first kappa shape index (κ1) is 12.0. The Morgan fingerprint density at radius 2 is 2.35 bits per heavy atom. The van der Waals surface area contributed by atoms with Crippen LogP contribution in [-0.2, 0) is 9.59 Å². The molecule has 0 spiro atoms. The zero-order chi connectivity index (χ0) is 12.4. The molecule has 2 amide bonds. The van der Waals surface area contributed by atoms with Gasteiger partial charge in [-0.1, -0.05) is 0 Å². The van der Waals surface area contributed by atoms with E-state index in [1.807, 2.05) is 13.8 Å². The van der Waals surface area contributed by atoms with Crippen molar-refractivity contribution in [3.63, 3.8) is 0 Å². The van der Waals surface area contributed by atoms with Crippen LogP contribution in [0, 0.1) is 13.8 Å². The van der Waals surface area contributed by atoms with Crippen molar-refractivity contribution >= 4 is 29.4 Å². The number of carbonyl (C=O) groups excluding carboxylic acids is 2. The zero-order valence-corrected chi connectivity index (χ0v) is 10.6. The van der Waals surface area contributed by atoms with Crippen molar-refractivity contribution in [2.45, 2.75) is 13.8 Å². The molecule has 0 saturated carbocycles. The second-order valence-electron chi connectivity index (χ2n) is 3.94. The van der Waals surface area contributed by atoms with Gasteiger partial charge in [0.1, 0.15) is 6.54 Å². The Balaban J connectivity index is 1.93. The molecule has 6 nitrogen and oxygen atoms in total. The number of anilines is 1. The summed E-state index contributed by atoms with van der Waals surface area (Å²) in [6.07, 6.45) is 0. The van der Waals surface area contributed by atoms with Gasteiger partial charge in [0.2, 0.25) is 11.8 Å². The molecule has 2 heterocycles. The van der Waals surface area contributed by atoms with E-state index >= 15 is 0 Å². The predicted octanol–water partition coefficient (Wildman–Crippen LogP) is 0.498. The van der Waals surface area contributed by atoms with Crippen LogP contribution in [0.25, 0.3) is 0 Å². The maximum absolute atomic E-state index is 11.7. The minimum absolute atomic E-state index is 0.0140. The topological polar surface area (TPSA) is 78.1 Å². The van der Waals surface area contributed by atoms with Crippen LogP contribution in [-0.4, -0.2) is 45.1 Å². The molecule has 1 fully saturated rings. The van der Waals surface area contributed by atoms with Crippen molar-refractivity contribution in [3.05, 3.63) is 11.3 Å². The SMILES string of the molecule is Cc1[nH]nc(NC(=O)CN2CSCC2=O)c1C. The Labute approximate surface area is 103 Å². The summed E-state index contributed by atoms with van der Waals surface area (Å²) in [4.78, 5) is 24.6. The fourth-order valence-electron chi connectivity index (χ4n) is 1.49. The molecule has 1 aromatic rings. The predicted molar refractivity (Wildman–Crippen MR) is 65.7 cm³/mol. The molecule has 1 aliphatic rings. The minimum atomic E-state index is -0.213. The smallest absolute Gasteiger partial charge is 0.245 e. The molecule has 1 aromatic heterocycles. The van der Waals surface area contributed by atoms with Crippen LogP contribution in [0.15, 0.2) is 0 Å². The van der Waals surface area contributed by atoms with E-state index < -0.39 is 0 Å². The first-order valence-electron chi connectivity index (χ1n) is 5.25. The van der Waals surface area contributed by atoms with Gasteiger partial charge >= 0.3 is 0 Å². The van der Waals surface area contributed by atoms with Gasteiger partial charge in [0.05, 0.1) is 11.6 Å². The van der Waals surface area contributed by atoms with Crippen molar-refractivity contribution in [3.8, 4) is 0 Å². The normalized spacial score (nSPS) is 15.4. The highest BCUT2D eigenvalue weighted by molar-refractivity contribution is 8.00. The molecule has 0 unspecified atom stereocenters. The van der Waals surface area contributed by atoms with E-state index in [1.54, 1.807) is 0 Å². The van der Waals surface area contributed by atoms with Crippen LogP contribution >= 0.6 is 11.8 Å². The number of amides is 2. The van der Waals surface area contributed by atoms with Crippen LogP contribution in [0.3, 0.4) is 0 Å². The monoisotopic (exact) mass is 254 g/mol. The van der Waals surface area contributed by atoms with Gasteiger partial charge in [-0.25, -0.2) is 0 Å². The Kier molecular flexibility index (Phi) is 3.37. The van der Waals surface area contributed by atoms with E-state index in [0.29, 0.717) is 17.4 Å². The van der Waals surface area contributed by atoms with Gasteiger partial charge in [-0.2, -0.15) is 5.10 Å². The molecule has 17 heavy (non-hydrogen) atoms. The van der Waals surface area contributed by atoms with E-state index in [9.17, 15) is 9.59 Å². The Bertz CT molecular complexity index is 457. The van der Waals surface area contributed by atoms with Crippen molar-refractivity contribution in [2.75, 3.05) is 23.5 Å². The molecule has 0 aliphatic carbocycles. The largest absolute Gasteiger partial charge is 0.323 e. The van der Waals surface area contributed by atoms with Gasteiger partial charge < -0.3 is 10.2 Å². The number of rotatable bonds is 3. The molecule has 0 atom stereocenters. The van der Waals surface area contributed by atoms with Crippen molar-refractivity contribution in [1.82, 2.24) is 15.1 Å². The Morgan fingerprint density at radius 3 is 2.88 bits per heavy atom. The minimum Gasteiger partial charge on any atom is -0.323 e. The lowest BCUT2D eigenvalue weighted by molar-refractivity contribution is -0.130. The quantitative estimate of drug-likeness (QED) is 0.823. The van der Waals surface area contributed by atoms with Crippen LogP contribution in [0.5, 0.6) is 0 Å². The van der Waals surface area contributed by atoms with Crippen molar-refractivity contribution in [2.24, 2.45) is 0 Å². The summed E-state index contributed by atoms with van der Waals surface area (Å²) in [5.41, 5.74) is 1.84. The standard InChI is InChI=1S/C10H14N4O2S/c1-6-7(2)12-13-10(6)11-8(15)3-14-5-17-4-9(14)16/h3-5H2,1-2H3,(H2,11,12,13,15). The lowest BCUT2D eigenvalue weighted by Gasteiger charge is -2.13. The molecule has 2 rings (SSSR count). The fraction of sp³-hybridized carbons (Fsp3) is 0.500. The molecular formula is C10H14N4O2S. The third kappa shape index (κ3) is 2.60. The number of aryl methyl sites for hydroxylation is 1. The number of aromatic nitrogens is 2. The van der Waals surface area contributed by atoms with Crippen LogP contribution in [0.2, 0.25) is 0 Å². The summed E-state index contributed by atoms with van der Waals surface area (Å²) in [6, 6.07) is 0. The second kappa shape index (κ2) is 4.79. The summed E-state index contributed by atoms with van der Waals surface area (Å²) in [5, 5.41) is 9.47. The number of hydrogen-bond donors (Lipinski definition) is 2. The molecule has 0 bridgehead atoms. The molecular weight excluding hydrogens is 240 g/mol. The fourth-order valence-corrected chi connectivity index (χ4v) is 2.40. The number of thioether (sulfide) groups is 1. The van der Waals surface area contributed by atoms with Gasteiger partial charge in [0.15, 0.2) is 5.82 Å². The molecule has 92 valence electrons. The van der Waals surface area contributed by atoms with Crippen LogP contribution < -0.4 is 5.32 Å². The highest BCUT2D eigenvalue weighted by Crippen LogP contribution is 2.16. The summed E-state index contributed by atoms with van der Waals surface area (Å²) in [6.45, 7) is 3.86. The lowest BCUT2D eigenvalue weighted by Crippen LogP contribution is -2.34. The zero-order valence-electron chi connectivity index (χ0n) is 9.74. The molecule has 1 saturated heterocycles. The van der Waals surface area contributed by atoms with E-state index in [2.05, 4.69) is 15.5 Å². The average Bonchev–Trinajstić information content (AvgIpc) is 2.80. The molecule has 0 radical (unpaired) electrons. The summed E-state index contributed by atoms with van der Waals surface area (Å²) in [7, 11) is 0. The van der Waals surface area contributed by atoms with E-state index in [0.717, 1.165) is 11.3 Å². The third-order valence-corrected chi connectivity index (χ3v) is 3.62. The number of H-pyrrole nitrogens is 1. The maximum atomic E-state index is 11.7. The maximum Gasteiger partial charge on any atom is 0.245 e.